The second kappa shape index (κ2) is 8.71. The standard InChI is InChI=1S/C22H27N3O2/c1-16(2)21(26)23-13-11-17-7-9-20(10-8-17)24-22(27)25-14-12-18-5-3-4-6-19(18)15-25/h3-10,16H,11-15H2,1-2H3,(H,23,26)(H,24,27). The summed E-state index contributed by atoms with van der Waals surface area (Å²) in [6.45, 7) is 5.77. The molecule has 1 aliphatic rings. The summed E-state index contributed by atoms with van der Waals surface area (Å²) in [6, 6.07) is 16.0. The molecule has 1 heterocycles. The molecular weight excluding hydrogens is 338 g/mol. The molecule has 0 saturated carbocycles. The molecule has 0 bridgehead atoms. The molecule has 0 radical (unpaired) electrons. The average molecular weight is 365 g/mol. The summed E-state index contributed by atoms with van der Waals surface area (Å²) in [5.41, 5.74) is 4.46. The molecule has 0 saturated heterocycles. The lowest BCUT2D eigenvalue weighted by atomic mass is 10.0. The van der Waals surface area contributed by atoms with Gasteiger partial charge in [-0.1, -0.05) is 50.2 Å². The van der Waals surface area contributed by atoms with Gasteiger partial charge in [0, 0.05) is 31.2 Å². The van der Waals surface area contributed by atoms with Crippen LogP contribution in [0.3, 0.4) is 0 Å². The van der Waals surface area contributed by atoms with Gasteiger partial charge in [0.2, 0.25) is 5.91 Å². The molecule has 0 aromatic heterocycles. The first kappa shape index (κ1) is 19.0. The Bertz CT molecular complexity index is 799. The van der Waals surface area contributed by atoms with Crippen molar-refractivity contribution in [3.63, 3.8) is 0 Å². The van der Waals surface area contributed by atoms with Gasteiger partial charge in [-0.25, -0.2) is 4.79 Å². The fourth-order valence-electron chi connectivity index (χ4n) is 3.16. The number of carbonyl (C=O) groups excluding carboxylic acids is 2. The lowest BCUT2D eigenvalue weighted by molar-refractivity contribution is -0.123. The minimum absolute atomic E-state index is 0.00402. The van der Waals surface area contributed by atoms with Crippen LogP contribution in [0.25, 0.3) is 0 Å². The highest BCUT2D eigenvalue weighted by atomic mass is 16.2. The number of hydrogen-bond acceptors (Lipinski definition) is 2. The number of fused-ring (bicyclic) bond motifs is 1. The van der Waals surface area contributed by atoms with E-state index in [9.17, 15) is 9.59 Å². The number of hydrogen-bond donors (Lipinski definition) is 2. The van der Waals surface area contributed by atoms with Crippen LogP contribution in [0, 0.1) is 5.92 Å². The third kappa shape index (κ3) is 5.09. The second-order valence-corrected chi connectivity index (χ2v) is 7.26. The van der Waals surface area contributed by atoms with Gasteiger partial charge in [0.1, 0.15) is 0 Å². The fourth-order valence-corrected chi connectivity index (χ4v) is 3.16. The maximum absolute atomic E-state index is 12.5. The highest BCUT2D eigenvalue weighted by Crippen LogP contribution is 2.19. The van der Waals surface area contributed by atoms with Crippen molar-refractivity contribution in [2.75, 3.05) is 18.4 Å². The van der Waals surface area contributed by atoms with E-state index in [4.69, 9.17) is 0 Å². The number of nitrogens with zero attached hydrogens (tertiary/aromatic N) is 1. The molecule has 2 aromatic rings. The average Bonchev–Trinajstić information content (AvgIpc) is 2.68. The Morgan fingerprint density at radius 3 is 2.44 bits per heavy atom. The summed E-state index contributed by atoms with van der Waals surface area (Å²) < 4.78 is 0. The van der Waals surface area contributed by atoms with E-state index >= 15 is 0 Å². The van der Waals surface area contributed by atoms with Crippen LogP contribution in [-0.4, -0.2) is 29.9 Å². The monoisotopic (exact) mass is 365 g/mol. The van der Waals surface area contributed by atoms with Crippen LogP contribution in [0.2, 0.25) is 0 Å². The molecule has 5 heteroatoms. The molecule has 5 nitrogen and oxygen atoms in total. The van der Waals surface area contributed by atoms with Crippen molar-refractivity contribution in [1.82, 2.24) is 10.2 Å². The minimum atomic E-state index is -0.0681. The van der Waals surface area contributed by atoms with E-state index in [0.717, 1.165) is 30.6 Å². The van der Waals surface area contributed by atoms with Gasteiger partial charge in [-0.15, -0.1) is 0 Å². The summed E-state index contributed by atoms with van der Waals surface area (Å²) in [5.74, 6) is 0.0753. The number of anilines is 1. The van der Waals surface area contributed by atoms with E-state index in [-0.39, 0.29) is 17.9 Å². The molecule has 0 fully saturated rings. The van der Waals surface area contributed by atoms with Crippen molar-refractivity contribution in [2.24, 2.45) is 5.92 Å². The number of rotatable bonds is 5. The van der Waals surface area contributed by atoms with Crippen molar-refractivity contribution >= 4 is 17.6 Å². The number of urea groups is 1. The van der Waals surface area contributed by atoms with Gasteiger partial charge in [-0.05, 0) is 41.7 Å². The highest BCUT2D eigenvalue weighted by molar-refractivity contribution is 5.89. The van der Waals surface area contributed by atoms with Crippen molar-refractivity contribution in [1.29, 1.82) is 0 Å². The van der Waals surface area contributed by atoms with E-state index in [2.05, 4.69) is 22.8 Å². The zero-order valence-corrected chi connectivity index (χ0v) is 16.0. The predicted molar refractivity (Wildman–Crippen MR) is 108 cm³/mol. The smallest absolute Gasteiger partial charge is 0.322 e. The third-order valence-electron chi connectivity index (χ3n) is 4.86. The zero-order valence-electron chi connectivity index (χ0n) is 16.0. The summed E-state index contributed by atoms with van der Waals surface area (Å²) >= 11 is 0. The summed E-state index contributed by atoms with van der Waals surface area (Å²) in [7, 11) is 0. The van der Waals surface area contributed by atoms with Gasteiger partial charge in [0.05, 0.1) is 0 Å². The number of nitrogens with one attached hydrogen (secondary N) is 2. The van der Waals surface area contributed by atoms with Gasteiger partial charge < -0.3 is 15.5 Å². The maximum Gasteiger partial charge on any atom is 0.322 e. The highest BCUT2D eigenvalue weighted by Gasteiger charge is 2.20. The first-order valence-corrected chi connectivity index (χ1v) is 9.52. The number of amides is 3. The van der Waals surface area contributed by atoms with Crippen molar-refractivity contribution < 1.29 is 9.59 Å². The first-order chi connectivity index (χ1) is 13.0. The number of benzene rings is 2. The maximum atomic E-state index is 12.5. The molecule has 0 atom stereocenters. The predicted octanol–water partition coefficient (Wildman–Crippen LogP) is 3.59. The first-order valence-electron chi connectivity index (χ1n) is 9.52. The Morgan fingerprint density at radius 1 is 1.04 bits per heavy atom. The molecular formula is C22H27N3O2. The Kier molecular flexibility index (Phi) is 6.12. The topological polar surface area (TPSA) is 61.4 Å². The van der Waals surface area contributed by atoms with E-state index in [0.29, 0.717) is 13.1 Å². The van der Waals surface area contributed by atoms with Crippen LogP contribution in [-0.2, 0) is 24.2 Å². The van der Waals surface area contributed by atoms with Crippen molar-refractivity contribution in [3.05, 3.63) is 65.2 Å². The van der Waals surface area contributed by atoms with Gasteiger partial charge in [0.15, 0.2) is 0 Å². The molecule has 1 aliphatic heterocycles. The molecule has 142 valence electrons. The molecule has 0 unspecified atom stereocenters. The summed E-state index contributed by atoms with van der Waals surface area (Å²) in [5, 5.41) is 5.89. The second-order valence-electron chi connectivity index (χ2n) is 7.26. The normalized spacial score (nSPS) is 13.2. The Hall–Kier alpha value is -2.82. The lowest BCUT2D eigenvalue weighted by Gasteiger charge is -2.29. The SMILES string of the molecule is CC(C)C(=O)NCCc1ccc(NC(=O)N2CCc3ccccc3C2)cc1. The molecule has 2 aromatic carbocycles. The zero-order chi connectivity index (χ0) is 19.2. The lowest BCUT2D eigenvalue weighted by Crippen LogP contribution is -2.38. The summed E-state index contributed by atoms with van der Waals surface area (Å²) in [6.07, 6.45) is 1.67. The Labute approximate surface area is 160 Å². The van der Waals surface area contributed by atoms with Crippen LogP contribution >= 0.6 is 0 Å². The largest absolute Gasteiger partial charge is 0.356 e. The van der Waals surface area contributed by atoms with E-state index in [1.54, 1.807) is 0 Å². The molecule has 3 amide bonds. The molecule has 27 heavy (non-hydrogen) atoms. The summed E-state index contributed by atoms with van der Waals surface area (Å²) in [4.78, 5) is 26.0. The molecule has 2 N–H and O–H groups in total. The van der Waals surface area contributed by atoms with Gasteiger partial charge in [-0.2, -0.15) is 0 Å². The Morgan fingerprint density at radius 2 is 1.74 bits per heavy atom. The fraction of sp³-hybridized carbons (Fsp3) is 0.364. The minimum Gasteiger partial charge on any atom is -0.356 e. The van der Waals surface area contributed by atoms with Gasteiger partial charge >= 0.3 is 6.03 Å². The van der Waals surface area contributed by atoms with Crippen molar-refractivity contribution in [3.8, 4) is 0 Å². The third-order valence-corrected chi connectivity index (χ3v) is 4.86. The molecule has 0 spiro atoms. The quantitative estimate of drug-likeness (QED) is 0.851. The van der Waals surface area contributed by atoms with Crippen LogP contribution in [0.4, 0.5) is 10.5 Å². The van der Waals surface area contributed by atoms with Crippen LogP contribution < -0.4 is 10.6 Å². The van der Waals surface area contributed by atoms with Crippen LogP contribution in [0.1, 0.15) is 30.5 Å². The van der Waals surface area contributed by atoms with Gasteiger partial charge in [-0.3, -0.25) is 4.79 Å². The van der Waals surface area contributed by atoms with Crippen molar-refractivity contribution in [2.45, 2.75) is 33.2 Å². The molecule has 3 rings (SSSR count). The van der Waals surface area contributed by atoms with Crippen LogP contribution in [0.15, 0.2) is 48.5 Å². The van der Waals surface area contributed by atoms with E-state index in [1.807, 2.05) is 55.1 Å². The Balaban J connectivity index is 1.50. The number of carbonyl (C=O) groups is 2. The van der Waals surface area contributed by atoms with E-state index in [1.165, 1.54) is 11.1 Å². The van der Waals surface area contributed by atoms with Gasteiger partial charge in [0.25, 0.3) is 0 Å². The molecule has 0 aliphatic carbocycles. The van der Waals surface area contributed by atoms with E-state index < -0.39 is 0 Å². The van der Waals surface area contributed by atoms with Crippen LogP contribution in [0.5, 0.6) is 0 Å².